The van der Waals surface area contributed by atoms with Gasteiger partial charge in [-0.05, 0) is 51.2 Å². The van der Waals surface area contributed by atoms with Gasteiger partial charge in [0, 0.05) is 23.5 Å². The predicted octanol–water partition coefficient (Wildman–Crippen LogP) is 3.70. The fraction of sp³-hybridized carbons (Fsp3) is 0.611. The SMILES string of the molecule is CSc1ccc([N+](=O)[O-])c(C(=O)NCCCN(C)C2CCCCC2)c1. The van der Waals surface area contributed by atoms with Crippen LogP contribution in [0.2, 0.25) is 0 Å². The van der Waals surface area contributed by atoms with Crippen molar-refractivity contribution >= 4 is 23.4 Å². The Kier molecular flexibility index (Phi) is 7.71. The lowest BCUT2D eigenvalue weighted by atomic mass is 9.94. The first-order valence-electron chi connectivity index (χ1n) is 8.83. The quantitative estimate of drug-likeness (QED) is 0.329. The third-order valence-corrected chi connectivity index (χ3v) is 5.54. The Balaban J connectivity index is 1.84. The van der Waals surface area contributed by atoms with Crippen LogP contribution in [0.1, 0.15) is 48.9 Å². The van der Waals surface area contributed by atoms with Gasteiger partial charge in [0.2, 0.25) is 0 Å². The van der Waals surface area contributed by atoms with Gasteiger partial charge >= 0.3 is 0 Å². The minimum atomic E-state index is -0.504. The van der Waals surface area contributed by atoms with Crippen molar-refractivity contribution in [1.29, 1.82) is 0 Å². The minimum absolute atomic E-state index is 0.137. The molecule has 0 atom stereocenters. The number of nitrogens with zero attached hydrogens (tertiary/aromatic N) is 2. The summed E-state index contributed by atoms with van der Waals surface area (Å²) in [6.45, 7) is 1.45. The molecule has 1 amide bonds. The van der Waals surface area contributed by atoms with E-state index in [1.54, 1.807) is 12.1 Å². The zero-order valence-electron chi connectivity index (χ0n) is 15.0. The second-order valence-corrected chi connectivity index (χ2v) is 7.40. The summed E-state index contributed by atoms with van der Waals surface area (Å²) in [4.78, 5) is 26.2. The number of benzene rings is 1. The molecular formula is C18H27N3O3S. The normalized spacial score (nSPS) is 15.3. The first-order valence-corrected chi connectivity index (χ1v) is 10.1. The molecule has 1 aromatic carbocycles. The molecule has 7 heteroatoms. The Morgan fingerprint density at radius 2 is 2.08 bits per heavy atom. The van der Waals surface area contributed by atoms with Crippen LogP contribution in [0.5, 0.6) is 0 Å². The molecule has 1 aliphatic carbocycles. The molecule has 1 aliphatic rings. The highest BCUT2D eigenvalue weighted by atomic mass is 32.2. The minimum Gasteiger partial charge on any atom is -0.352 e. The Bertz CT molecular complexity index is 603. The smallest absolute Gasteiger partial charge is 0.282 e. The molecule has 25 heavy (non-hydrogen) atoms. The van der Waals surface area contributed by atoms with E-state index in [-0.39, 0.29) is 17.2 Å². The molecule has 0 radical (unpaired) electrons. The maximum Gasteiger partial charge on any atom is 0.282 e. The molecule has 0 heterocycles. The van der Waals surface area contributed by atoms with Gasteiger partial charge in [-0.2, -0.15) is 0 Å². The fourth-order valence-electron chi connectivity index (χ4n) is 3.31. The standard InChI is InChI=1S/C18H27N3O3S/c1-20(14-7-4-3-5-8-14)12-6-11-19-18(22)16-13-15(25-2)9-10-17(16)21(23)24/h9-10,13-14H,3-8,11-12H2,1-2H3,(H,19,22). The van der Waals surface area contributed by atoms with Gasteiger partial charge in [0.05, 0.1) is 4.92 Å². The third kappa shape index (κ3) is 5.71. The van der Waals surface area contributed by atoms with Gasteiger partial charge in [0.1, 0.15) is 5.56 Å². The van der Waals surface area contributed by atoms with E-state index in [1.165, 1.54) is 49.9 Å². The van der Waals surface area contributed by atoms with Crippen LogP contribution in [0.3, 0.4) is 0 Å². The molecule has 1 aromatic rings. The number of rotatable bonds is 8. The van der Waals surface area contributed by atoms with E-state index in [0.717, 1.165) is 17.9 Å². The number of carbonyl (C=O) groups is 1. The van der Waals surface area contributed by atoms with Gasteiger partial charge in [-0.15, -0.1) is 11.8 Å². The van der Waals surface area contributed by atoms with Crippen LogP contribution in [0.25, 0.3) is 0 Å². The monoisotopic (exact) mass is 365 g/mol. The molecular weight excluding hydrogens is 338 g/mol. The van der Waals surface area contributed by atoms with Crippen LogP contribution in [-0.4, -0.2) is 48.2 Å². The largest absolute Gasteiger partial charge is 0.352 e. The molecule has 0 saturated heterocycles. The Morgan fingerprint density at radius 1 is 1.36 bits per heavy atom. The van der Waals surface area contributed by atoms with Crippen molar-refractivity contribution in [3.63, 3.8) is 0 Å². The lowest BCUT2D eigenvalue weighted by molar-refractivity contribution is -0.385. The number of thioether (sulfide) groups is 1. The van der Waals surface area contributed by atoms with E-state index in [9.17, 15) is 14.9 Å². The highest BCUT2D eigenvalue weighted by Gasteiger charge is 2.21. The highest BCUT2D eigenvalue weighted by molar-refractivity contribution is 7.98. The van der Waals surface area contributed by atoms with Crippen molar-refractivity contribution in [2.24, 2.45) is 0 Å². The zero-order valence-corrected chi connectivity index (χ0v) is 15.8. The van der Waals surface area contributed by atoms with Crippen molar-refractivity contribution in [3.8, 4) is 0 Å². The zero-order chi connectivity index (χ0) is 18.2. The molecule has 6 nitrogen and oxygen atoms in total. The summed E-state index contributed by atoms with van der Waals surface area (Å²) in [6, 6.07) is 5.31. The summed E-state index contributed by atoms with van der Waals surface area (Å²) in [6.07, 6.45) is 9.20. The maximum absolute atomic E-state index is 12.3. The van der Waals surface area contributed by atoms with Gasteiger partial charge < -0.3 is 10.2 Å². The Labute approximate surface area is 153 Å². The molecule has 2 rings (SSSR count). The summed E-state index contributed by atoms with van der Waals surface area (Å²) >= 11 is 1.46. The summed E-state index contributed by atoms with van der Waals surface area (Å²) in [5.41, 5.74) is -0.00731. The average Bonchev–Trinajstić information content (AvgIpc) is 2.64. The highest BCUT2D eigenvalue weighted by Crippen LogP contribution is 2.25. The molecule has 1 saturated carbocycles. The van der Waals surface area contributed by atoms with Gasteiger partial charge in [-0.1, -0.05) is 19.3 Å². The summed E-state index contributed by atoms with van der Waals surface area (Å²) < 4.78 is 0. The molecule has 0 aromatic heterocycles. The van der Waals surface area contributed by atoms with Crippen molar-refractivity contribution < 1.29 is 9.72 Å². The van der Waals surface area contributed by atoms with Gasteiger partial charge in [-0.25, -0.2) is 0 Å². The molecule has 0 spiro atoms. The maximum atomic E-state index is 12.3. The number of hydrogen-bond donors (Lipinski definition) is 1. The van der Waals surface area contributed by atoms with E-state index in [4.69, 9.17) is 0 Å². The lowest BCUT2D eigenvalue weighted by Crippen LogP contribution is -2.35. The summed E-state index contributed by atoms with van der Waals surface area (Å²) in [5, 5.41) is 14.0. The van der Waals surface area contributed by atoms with E-state index in [1.807, 2.05) is 6.26 Å². The fourth-order valence-corrected chi connectivity index (χ4v) is 3.75. The van der Waals surface area contributed by atoms with E-state index >= 15 is 0 Å². The predicted molar refractivity (Wildman–Crippen MR) is 101 cm³/mol. The summed E-state index contributed by atoms with van der Waals surface area (Å²) in [5.74, 6) is -0.372. The molecule has 1 fully saturated rings. The third-order valence-electron chi connectivity index (χ3n) is 4.82. The molecule has 0 unspecified atom stereocenters. The number of nitrogens with one attached hydrogen (secondary N) is 1. The number of amides is 1. The van der Waals surface area contributed by atoms with E-state index < -0.39 is 4.92 Å². The second-order valence-electron chi connectivity index (χ2n) is 6.52. The van der Waals surface area contributed by atoms with E-state index in [2.05, 4.69) is 17.3 Å². The number of nitro groups is 1. The lowest BCUT2D eigenvalue weighted by Gasteiger charge is -2.31. The average molecular weight is 365 g/mol. The van der Waals surface area contributed by atoms with Crippen LogP contribution in [0.15, 0.2) is 23.1 Å². The number of hydrogen-bond acceptors (Lipinski definition) is 5. The van der Waals surface area contributed by atoms with Crippen LogP contribution < -0.4 is 5.32 Å². The van der Waals surface area contributed by atoms with Gasteiger partial charge in [-0.3, -0.25) is 14.9 Å². The van der Waals surface area contributed by atoms with Crippen molar-refractivity contribution in [1.82, 2.24) is 10.2 Å². The topological polar surface area (TPSA) is 75.5 Å². The van der Waals surface area contributed by atoms with Crippen LogP contribution in [0, 0.1) is 10.1 Å². The Hall–Kier alpha value is -1.60. The Morgan fingerprint density at radius 3 is 2.72 bits per heavy atom. The van der Waals surface area contributed by atoms with E-state index in [0.29, 0.717) is 12.6 Å². The van der Waals surface area contributed by atoms with Gasteiger partial charge in [0.15, 0.2) is 0 Å². The number of nitro benzene ring substituents is 1. The van der Waals surface area contributed by atoms with Crippen LogP contribution >= 0.6 is 11.8 Å². The molecule has 0 bridgehead atoms. The second kappa shape index (κ2) is 9.77. The van der Waals surface area contributed by atoms with Crippen molar-refractivity contribution in [3.05, 3.63) is 33.9 Å². The number of carbonyl (C=O) groups excluding carboxylic acids is 1. The molecule has 1 N–H and O–H groups in total. The van der Waals surface area contributed by atoms with Crippen LogP contribution in [-0.2, 0) is 0 Å². The molecule has 138 valence electrons. The summed E-state index contributed by atoms with van der Waals surface area (Å²) in [7, 11) is 2.14. The van der Waals surface area contributed by atoms with Crippen molar-refractivity contribution in [2.75, 3.05) is 26.4 Å². The van der Waals surface area contributed by atoms with Crippen LogP contribution in [0.4, 0.5) is 5.69 Å². The first-order chi connectivity index (χ1) is 12.0. The first kappa shape index (κ1) is 19.7. The van der Waals surface area contributed by atoms with Gasteiger partial charge in [0.25, 0.3) is 11.6 Å². The molecule has 0 aliphatic heterocycles. The van der Waals surface area contributed by atoms with Crippen molar-refractivity contribution in [2.45, 2.75) is 49.5 Å².